The van der Waals surface area contributed by atoms with Crippen LogP contribution < -0.4 is 9.64 Å². The Kier molecular flexibility index (Phi) is 6.59. The summed E-state index contributed by atoms with van der Waals surface area (Å²) in [6, 6.07) is 16.3. The number of hydrogen-bond acceptors (Lipinski definition) is 6. The van der Waals surface area contributed by atoms with E-state index in [4.69, 9.17) is 9.72 Å². The molecular formula is C25H28N2O4S2. The summed E-state index contributed by atoms with van der Waals surface area (Å²) < 4.78 is 29.8. The van der Waals surface area contributed by atoms with Crippen molar-refractivity contribution in [2.24, 2.45) is 0 Å². The second-order valence-electron chi connectivity index (χ2n) is 9.26. The number of hydrogen-bond donors (Lipinski definition) is 0. The summed E-state index contributed by atoms with van der Waals surface area (Å²) in [4.78, 5) is 19.4. The van der Waals surface area contributed by atoms with Crippen LogP contribution in [0.1, 0.15) is 32.9 Å². The first-order chi connectivity index (χ1) is 15.6. The molecule has 2 heterocycles. The molecule has 1 fully saturated rings. The van der Waals surface area contributed by atoms with Gasteiger partial charge in [0.2, 0.25) is 0 Å². The lowest BCUT2D eigenvalue weighted by Crippen LogP contribution is -2.43. The summed E-state index contributed by atoms with van der Waals surface area (Å²) in [5.41, 5.74) is 2.74. The molecule has 0 aliphatic carbocycles. The van der Waals surface area contributed by atoms with Gasteiger partial charge in [-0.1, -0.05) is 39.0 Å². The third-order valence-electron chi connectivity index (χ3n) is 5.61. The number of benzene rings is 2. The molecule has 1 aliphatic heterocycles. The van der Waals surface area contributed by atoms with E-state index in [1.807, 2.05) is 54.6 Å². The zero-order valence-corrected chi connectivity index (χ0v) is 20.7. The van der Waals surface area contributed by atoms with E-state index in [2.05, 4.69) is 26.2 Å². The molecule has 1 amide bonds. The molecule has 0 radical (unpaired) electrons. The van der Waals surface area contributed by atoms with E-state index in [-0.39, 0.29) is 35.5 Å². The number of carbonyl (C=O) groups excluding carboxylic acids is 1. The number of nitrogens with zero attached hydrogens (tertiary/aromatic N) is 2. The Morgan fingerprint density at radius 3 is 2.39 bits per heavy atom. The Hall–Kier alpha value is -2.71. The van der Waals surface area contributed by atoms with Gasteiger partial charge < -0.3 is 9.64 Å². The smallest absolute Gasteiger partial charge is 0.265 e. The second kappa shape index (κ2) is 9.27. The highest BCUT2D eigenvalue weighted by atomic mass is 32.2. The fraction of sp³-hybridized carbons (Fsp3) is 0.360. The Labute approximate surface area is 199 Å². The standard InChI is InChI=1S/C25H28N2O4S2/c1-25(2,3)22-16-32-24(26-22)18-9-11-21(12-10-18)31-15-23(28)27(19-7-5-4-6-8-19)20-13-14-33(29,30)17-20/h4-12,16,20H,13-15,17H2,1-3H3/t20-/m1/s1. The Morgan fingerprint density at radius 1 is 1.12 bits per heavy atom. The van der Waals surface area contributed by atoms with Gasteiger partial charge >= 0.3 is 0 Å². The zero-order chi connectivity index (χ0) is 23.6. The monoisotopic (exact) mass is 484 g/mol. The van der Waals surface area contributed by atoms with Crippen molar-refractivity contribution in [3.8, 4) is 16.3 Å². The van der Waals surface area contributed by atoms with Crippen molar-refractivity contribution in [2.75, 3.05) is 23.0 Å². The minimum Gasteiger partial charge on any atom is -0.484 e. The molecule has 1 atom stereocenters. The van der Waals surface area contributed by atoms with Gasteiger partial charge in [-0.25, -0.2) is 13.4 Å². The molecule has 6 nitrogen and oxygen atoms in total. The van der Waals surface area contributed by atoms with Gasteiger partial charge in [0.25, 0.3) is 5.91 Å². The largest absolute Gasteiger partial charge is 0.484 e. The van der Waals surface area contributed by atoms with Crippen LogP contribution in [0.3, 0.4) is 0 Å². The summed E-state index contributed by atoms with van der Waals surface area (Å²) in [6.45, 7) is 6.24. The number of para-hydroxylation sites is 1. The van der Waals surface area contributed by atoms with E-state index in [9.17, 15) is 13.2 Å². The number of sulfone groups is 1. The average molecular weight is 485 g/mol. The van der Waals surface area contributed by atoms with Crippen molar-refractivity contribution in [1.82, 2.24) is 4.98 Å². The molecule has 0 bridgehead atoms. The van der Waals surface area contributed by atoms with Crippen LogP contribution >= 0.6 is 11.3 Å². The van der Waals surface area contributed by atoms with Gasteiger partial charge in [0, 0.05) is 22.0 Å². The van der Waals surface area contributed by atoms with Gasteiger partial charge in [0.05, 0.1) is 23.2 Å². The molecule has 0 saturated carbocycles. The molecule has 174 valence electrons. The van der Waals surface area contributed by atoms with E-state index < -0.39 is 9.84 Å². The zero-order valence-electron chi connectivity index (χ0n) is 19.0. The molecule has 3 aromatic rings. The Morgan fingerprint density at radius 2 is 1.82 bits per heavy atom. The van der Waals surface area contributed by atoms with Gasteiger partial charge in [-0.2, -0.15) is 0 Å². The number of rotatable bonds is 6. The van der Waals surface area contributed by atoms with Gasteiger partial charge in [0.15, 0.2) is 16.4 Å². The second-order valence-corrected chi connectivity index (χ2v) is 12.3. The van der Waals surface area contributed by atoms with Crippen molar-refractivity contribution in [1.29, 1.82) is 0 Å². The summed E-state index contributed by atoms with van der Waals surface area (Å²) in [7, 11) is -3.13. The lowest BCUT2D eigenvalue weighted by Gasteiger charge is -2.28. The van der Waals surface area contributed by atoms with Crippen LogP contribution in [0.25, 0.3) is 10.6 Å². The van der Waals surface area contributed by atoms with Crippen LogP contribution in [0.15, 0.2) is 60.0 Å². The average Bonchev–Trinajstić information content (AvgIpc) is 3.41. The highest BCUT2D eigenvalue weighted by Gasteiger charge is 2.35. The lowest BCUT2D eigenvalue weighted by atomic mass is 9.93. The van der Waals surface area contributed by atoms with Crippen LogP contribution in [-0.2, 0) is 20.0 Å². The maximum Gasteiger partial charge on any atom is 0.265 e. The molecule has 0 N–H and O–H groups in total. The highest BCUT2D eigenvalue weighted by molar-refractivity contribution is 7.91. The Balaban J connectivity index is 1.45. The van der Waals surface area contributed by atoms with E-state index in [1.165, 1.54) is 0 Å². The Bertz CT molecular complexity index is 1210. The third-order valence-corrected chi connectivity index (χ3v) is 8.25. The van der Waals surface area contributed by atoms with Gasteiger partial charge in [-0.15, -0.1) is 11.3 Å². The SMILES string of the molecule is CC(C)(C)c1csc(-c2ccc(OCC(=O)N(c3ccccc3)[C@@H]3CCS(=O)(=O)C3)cc2)n1. The van der Waals surface area contributed by atoms with E-state index in [0.29, 0.717) is 17.9 Å². The minimum atomic E-state index is -3.13. The molecule has 1 aliphatic rings. The molecule has 0 spiro atoms. The maximum absolute atomic E-state index is 13.1. The van der Waals surface area contributed by atoms with E-state index in [1.54, 1.807) is 16.2 Å². The maximum atomic E-state index is 13.1. The molecule has 33 heavy (non-hydrogen) atoms. The van der Waals surface area contributed by atoms with Crippen molar-refractivity contribution >= 4 is 32.8 Å². The van der Waals surface area contributed by atoms with Crippen LogP contribution in [0, 0.1) is 0 Å². The molecule has 1 aromatic heterocycles. The molecule has 2 aromatic carbocycles. The van der Waals surface area contributed by atoms with Gasteiger partial charge in [-0.3, -0.25) is 4.79 Å². The summed E-state index contributed by atoms with van der Waals surface area (Å²) in [5.74, 6) is 0.394. The number of aromatic nitrogens is 1. The predicted octanol–water partition coefficient (Wildman–Crippen LogP) is 4.71. The van der Waals surface area contributed by atoms with E-state index >= 15 is 0 Å². The van der Waals surface area contributed by atoms with Crippen LogP contribution in [-0.4, -0.2) is 43.5 Å². The molecule has 4 rings (SSSR count). The lowest BCUT2D eigenvalue weighted by molar-refractivity contribution is -0.121. The van der Waals surface area contributed by atoms with Crippen LogP contribution in [0.5, 0.6) is 5.75 Å². The van der Waals surface area contributed by atoms with Crippen LogP contribution in [0.4, 0.5) is 5.69 Å². The first-order valence-corrected chi connectivity index (χ1v) is 13.6. The minimum absolute atomic E-state index is 0.00143. The molecule has 8 heteroatoms. The number of amides is 1. The summed E-state index contributed by atoms with van der Waals surface area (Å²) >= 11 is 1.61. The normalized spacial score (nSPS) is 17.6. The van der Waals surface area contributed by atoms with Crippen molar-refractivity contribution < 1.29 is 17.9 Å². The van der Waals surface area contributed by atoms with Crippen LogP contribution in [0.2, 0.25) is 0 Å². The number of ether oxygens (including phenoxy) is 1. The molecular weight excluding hydrogens is 456 g/mol. The predicted molar refractivity (Wildman–Crippen MR) is 133 cm³/mol. The van der Waals surface area contributed by atoms with Crippen molar-refractivity contribution in [3.05, 3.63) is 65.7 Å². The highest BCUT2D eigenvalue weighted by Crippen LogP contribution is 2.31. The summed E-state index contributed by atoms with van der Waals surface area (Å²) in [5, 5.41) is 3.03. The quantitative estimate of drug-likeness (QED) is 0.507. The first-order valence-electron chi connectivity index (χ1n) is 10.9. The van der Waals surface area contributed by atoms with Crippen molar-refractivity contribution in [3.63, 3.8) is 0 Å². The molecule has 1 saturated heterocycles. The number of thiazole rings is 1. The first kappa shape index (κ1) is 23.4. The summed E-state index contributed by atoms with van der Waals surface area (Å²) in [6.07, 6.45) is 0.433. The topological polar surface area (TPSA) is 76.6 Å². The number of carbonyl (C=O) groups is 1. The van der Waals surface area contributed by atoms with E-state index in [0.717, 1.165) is 16.3 Å². The van der Waals surface area contributed by atoms with Gasteiger partial charge in [-0.05, 0) is 42.8 Å². The molecule has 0 unspecified atom stereocenters. The fourth-order valence-corrected chi connectivity index (χ4v) is 6.54. The fourth-order valence-electron chi connectivity index (χ4n) is 3.79. The number of anilines is 1. The van der Waals surface area contributed by atoms with Crippen molar-refractivity contribution in [2.45, 2.75) is 38.6 Å². The van der Waals surface area contributed by atoms with Gasteiger partial charge in [0.1, 0.15) is 10.8 Å². The third kappa shape index (κ3) is 5.62.